The zero-order valence-corrected chi connectivity index (χ0v) is 11.6. The number of thiophene rings is 1. The van der Waals surface area contributed by atoms with Crippen LogP contribution >= 0.6 is 11.3 Å². The minimum absolute atomic E-state index is 0.113. The third-order valence-corrected chi connectivity index (χ3v) is 4.38. The molecule has 2 aromatic rings. The Kier molecular flexibility index (Phi) is 3.64. The Morgan fingerprint density at radius 3 is 3.00 bits per heavy atom. The largest absolute Gasteiger partial charge is 0.364 e. The van der Waals surface area contributed by atoms with E-state index in [0.29, 0.717) is 18.8 Å². The van der Waals surface area contributed by atoms with E-state index in [0.717, 1.165) is 17.7 Å². The van der Waals surface area contributed by atoms with Gasteiger partial charge in [0.1, 0.15) is 6.26 Å². The molecule has 3 rings (SSSR count). The molecule has 5 nitrogen and oxygen atoms in total. The molecule has 0 aliphatic carbocycles. The standard InChI is InChI=1S/C14H14N2O3S/c17-13(12-4-2-8-20-12)10-3-1-6-16(9-10)14(18)11-5-7-19-15-11/h2,4-5,7-8,10H,1,3,6,9H2/t10-/m1/s1. The molecule has 0 aromatic carbocycles. The molecule has 0 spiro atoms. The normalized spacial score (nSPS) is 19.0. The fraction of sp³-hybridized carbons (Fsp3) is 0.357. The van der Waals surface area contributed by atoms with E-state index >= 15 is 0 Å². The predicted molar refractivity (Wildman–Crippen MR) is 73.8 cm³/mol. The van der Waals surface area contributed by atoms with Gasteiger partial charge in [-0.05, 0) is 24.3 Å². The first-order valence-corrected chi connectivity index (χ1v) is 7.41. The summed E-state index contributed by atoms with van der Waals surface area (Å²) in [6.07, 6.45) is 3.05. The maximum atomic E-state index is 12.4. The van der Waals surface area contributed by atoms with Gasteiger partial charge in [-0.1, -0.05) is 11.2 Å². The third kappa shape index (κ3) is 2.51. The lowest BCUT2D eigenvalue weighted by molar-refractivity contribution is 0.0630. The lowest BCUT2D eigenvalue weighted by Gasteiger charge is -2.31. The second kappa shape index (κ2) is 5.58. The molecule has 2 aromatic heterocycles. The minimum atomic E-state index is -0.164. The van der Waals surface area contributed by atoms with Crippen molar-refractivity contribution in [1.29, 1.82) is 0 Å². The average molecular weight is 290 g/mol. The van der Waals surface area contributed by atoms with E-state index in [1.807, 2.05) is 17.5 Å². The monoisotopic (exact) mass is 290 g/mol. The van der Waals surface area contributed by atoms with E-state index in [1.165, 1.54) is 17.6 Å². The fourth-order valence-electron chi connectivity index (χ4n) is 2.48. The van der Waals surface area contributed by atoms with Crippen LogP contribution in [0.15, 0.2) is 34.4 Å². The molecule has 0 unspecified atom stereocenters. The van der Waals surface area contributed by atoms with Crippen molar-refractivity contribution < 1.29 is 14.1 Å². The number of Topliss-reactive ketones (excluding diaryl/α,β-unsaturated/α-hetero) is 1. The van der Waals surface area contributed by atoms with Crippen LogP contribution in [0.1, 0.15) is 33.0 Å². The molecule has 0 N–H and O–H groups in total. The van der Waals surface area contributed by atoms with Crippen molar-refractivity contribution in [1.82, 2.24) is 10.1 Å². The molecule has 1 atom stereocenters. The molecule has 1 aliphatic heterocycles. The Labute approximate surface area is 120 Å². The van der Waals surface area contributed by atoms with Crippen molar-refractivity contribution >= 4 is 23.0 Å². The predicted octanol–water partition coefficient (Wildman–Crippen LogP) is 2.47. The van der Waals surface area contributed by atoms with Crippen LogP contribution < -0.4 is 0 Å². The maximum Gasteiger partial charge on any atom is 0.276 e. The van der Waals surface area contributed by atoms with Crippen LogP contribution in [0.5, 0.6) is 0 Å². The van der Waals surface area contributed by atoms with Crippen molar-refractivity contribution in [2.75, 3.05) is 13.1 Å². The number of rotatable bonds is 3. The Morgan fingerprint density at radius 1 is 1.40 bits per heavy atom. The van der Waals surface area contributed by atoms with Crippen LogP contribution in [-0.2, 0) is 0 Å². The zero-order chi connectivity index (χ0) is 13.9. The van der Waals surface area contributed by atoms with Crippen molar-refractivity contribution in [3.63, 3.8) is 0 Å². The van der Waals surface area contributed by atoms with E-state index in [-0.39, 0.29) is 17.6 Å². The molecule has 3 heterocycles. The van der Waals surface area contributed by atoms with Crippen LogP contribution in [0.2, 0.25) is 0 Å². The maximum absolute atomic E-state index is 12.4. The smallest absolute Gasteiger partial charge is 0.276 e. The van der Waals surface area contributed by atoms with Gasteiger partial charge in [-0.2, -0.15) is 0 Å². The van der Waals surface area contributed by atoms with Crippen LogP contribution in [0, 0.1) is 5.92 Å². The molecule has 1 amide bonds. The van der Waals surface area contributed by atoms with Crippen LogP contribution in [0.3, 0.4) is 0 Å². The third-order valence-electron chi connectivity index (χ3n) is 3.50. The number of piperidine rings is 1. The number of carbonyl (C=O) groups is 2. The molecular formula is C14H14N2O3S. The van der Waals surface area contributed by atoms with Gasteiger partial charge in [-0.3, -0.25) is 9.59 Å². The van der Waals surface area contributed by atoms with E-state index < -0.39 is 0 Å². The summed E-state index contributed by atoms with van der Waals surface area (Å²) < 4.78 is 4.70. The molecule has 1 saturated heterocycles. The molecular weight excluding hydrogens is 276 g/mol. The number of nitrogens with zero attached hydrogens (tertiary/aromatic N) is 2. The fourth-order valence-corrected chi connectivity index (χ4v) is 3.22. The average Bonchev–Trinajstić information content (AvgIpc) is 3.18. The summed E-state index contributed by atoms with van der Waals surface area (Å²) in [5, 5.41) is 5.56. The van der Waals surface area contributed by atoms with Gasteiger partial charge in [-0.15, -0.1) is 11.3 Å². The Bertz CT molecular complexity index is 540. The molecule has 0 radical (unpaired) electrons. The van der Waals surface area contributed by atoms with Gasteiger partial charge in [0.25, 0.3) is 5.91 Å². The highest BCUT2D eigenvalue weighted by atomic mass is 32.1. The number of amides is 1. The first-order valence-electron chi connectivity index (χ1n) is 6.53. The van der Waals surface area contributed by atoms with Gasteiger partial charge in [0.2, 0.25) is 0 Å². The van der Waals surface area contributed by atoms with Gasteiger partial charge in [0, 0.05) is 25.1 Å². The number of carbonyl (C=O) groups excluding carboxylic acids is 2. The van der Waals surface area contributed by atoms with E-state index in [9.17, 15) is 9.59 Å². The second-order valence-electron chi connectivity index (χ2n) is 4.82. The first-order chi connectivity index (χ1) is 9.75. The van der Waals surface area contributed by atoms with Crippen LogP contribution in [0.4, 0.5) is 0 Å². The topological polar surface area (TPSA) is 63.4 Å². The van der Waals surface area contributed by atoms with Gasteiger partial charge < -0.3 is 9.42 Å². The lowest BCUT2D eigenvalue weighted by Crippen LogP contribution is -2.42. The van der Waals surface area contributed by atoms with E-state index in [2.05, 4.69) is 5.16 Å². The highest BCUT2D eigenvalue weighted by Gasteiger charge is 2.30. The van der Waals surface area contributed by atoms with Gasteiger partial charge >= 0.3 is 0 Å². The SMILES string of the molecule is O=C(c1cccs1)[C@@H]1CCCN(C(=O)c2ccon2)C1. The highest BCUT2D eigenvalue weighted by molar-refractivity contribution is 7.12. The van der Waals surface area contributed by atoms with Crippen molar-refractivity contribution in [2.45, 2.75) is 12.8 Å². The summed E-state index contributed by atoms with van der Waals surface area (Å²) in [5.41, 5.74) is 0.300. The first kappa shape index (κ1) is 13.1. The molecule has 20 heavy (non-hydrogen) atoms. The van der Waals surface area contributed by atoms with Crippen LogP contribution in [0.25, 0.3) is 0 Å². The van der Waals surface area contributed by atoms with E-state index in [4.69, 9.17) is 4.52 Å². The number of hydrogen-bond donors (Lipinski definition) is 0. The van der Waals surface area contributed by atoms with Gasteiger partial charge in [-0.25, -0.2) is 0 Å². The Balaban J connectivity index is 1.71. The molecule has 0 saturated carbocycles. The number of ketones is 1. The van der Waals surface area contributed by atoms with Gasteiger partial charge in [0.05, 0.1) is 4.88 Å². The summed E-state index contributed by atoms with van der Waals surface area (Å²) in [6.45, 7) is 1.13. The summed E-state index contributed by atoms with van der Waals surface area (Å²) >= 11 is 1.45. The van der Waals surface area contributed by atoms with Crippen molar-refractivity contribution in [3.05, 3.63) is 40.4 Å². The Hall–Kier alpha value is -1.95. The molecule has 6 heteroatoms. The molecule has 0 bridgehead atoms. The van der Waals surface area contributed by atoms with E-state index in [1.54, 1.807) is 11.0 Å². The highest BCUT2D eigenvalue weighted by Crippen LogP contribution is 2.24. The quantitative estimate of drug-likeness (QED) is 0.815. The minimum Gasteiger partial charge on any atom is -0.364 e. The number of likely N-dealkylation sites (tertiary alicyclic amines) is 1. The zero-order valence-electron chi connectivity index (χ0n) is 10.8. The van der Waals surface area contributed by atoms with Crippen LogP contribution in [-0.4, -0.2) is 34.8 Å². The molecule has 1 fully saturated rings. The summed E-state index contributed by atoms with van der Waals surface area (Å²) in [7, 11) is 0. The molecule has 1 aliphatic rings. The van der Waals surface area contributed by atoms with Crippen molar-refractivity contribution in [2.24, 2.45) is 5.92 Å². The summed E-state index contributed by atoms with van der Waals surface area (Å²) in [4.78, 5) is 27.0. The Morgan fingerprint density at radius 2 is 2.30 bits per heavy atom. The number of hydrogen-bond acceptors (Lipinski definition) is 5. The second-order valence-corrected chi connectivity index (χ2v) is 5.76. The van der Waals surface area contributed by atoms with Gasteiger partial charge in [0.15, 0.2) is 11.5 Å². The molecule has 104 valence electrons. The summed E-state index contributed by atoms with van der Waals surface area (Å²) in [6, 6.07) is 5.26. The summed E-state index contributed by atoms with van der Waals surface area (Å²) in [5.74, 6) is -0.140. The van der Waals surface area contributed by atoms with Crippen molar-refractivity contribution in [3.8, 4) is 0 Å². The lowest BCUT2D eigenvalue weighted by atomic mass is 9.93. The number of aromatic nitrogens is 1.